The minimum absolute atomic E-state index is 0.0193. The van der Waals surface area contributed by atoms with Gasteiger partial charge < -0.3 is 9.13 Å². The number of benzene rings is 8. The van der Waals surface area contributed by atoms with E-state index in [9.17, 15) is 57.9 Å². The lowest BCUT2D eigenvalue weighted by Crippen LogP contribution is -2.11. The van der Waals surface area contributed by atoms with Crippen molar-refractivity contribution < 1.29 is 52.7 Å². The molecule has 15 heteroatoms. The number of hydrogen-bond acceptors (Lipinski definition) is 1. The Labute approximate surface area is 383 Å². The zero-order valence-corrected chi connectivity index (χ0v) is 35.4. The number of alkyl halides is 12. The van der Waals surface area contributed by atoms with Gasteiger partial charge in [0.05, 0.1) is 67.3 Å². The highest BCUT2D eigenvalue weighted by molar-refractivity contribution is 6.13. The number of rotatable bonds is 5. The molecule has 0 saturated heterocycles. The predicted octanol–water partition coefficient (Wildman–Crippen LogP) is 17.1. The first-order valence-corrected chi connectivity index (χ1v) is 20.9. The summed E-state index contributed by atoms with van der Waals surface area (Å²) >= 11 is 0. The van der Waals surface area contributed by atoms with Crippen molar-refractivity contribution in [1.82, 2.24) is 9.13 Å². The number of nitrogens with zero attached hydrogens (tertiary/aromatic N) is 3. The quantitative estimate of drug-likeness (QED) is 0.158. The molecular formula is C54H29F12N3. The highest BCUT2D eigenvalue weighted by Crippen LogP contribution is 2.46. The maximum atomic E-state index is 14.8. The second-order valence-corrected chi connectivity index (χ2v) is 16.6. The van der Waals surface area contributed by atoms with Crippen LogP contribution >= 0.6 is 0 Å². The number of aromatic nitrogens is 2. The summed E-state index contributed by atoms with van der Waals surface area (Å²) in [5.74, 6) is 0. The number of halogens is 12. The van der Waals surface area contributed by atoms with Gasteiger partial charge in [0.15, 0.2) is 0 Å². The van der Waals surface area contributed by atoms with E-state index >= 15 is 0 Å². The Kier molecular flexibility index (Phi) is 10.3. The maximum absolute atomic E-state index is 14.8. The highest BCUT2D eigenvalue weighted by Gasteiger charge is 2.38. The lowest BCUT2D eigenvalue weighted by atomic mass is 9.96. The van der Waals surface area contributed by atoms with Gasteiger partial charge >= 0.3 is 24.7 Å². The molecule has 0 bridgehead atoms. The Morgan fingerprint density at radius 1 is 0.362 bits per heavy atom. The van der Waals surface area contributed by atoms with Gasteiger partial charge in [-0.25, -0.2) is 0 Å². The van der Waals surface area contributed by atoms with E-state index in [1.165, 1.54) is 42.5 Å². The van der Waals surface area contributed by atoms with Gasteiger partial charge in [-0.15, -0.1) is 0 Å². The minimum atomic E-state index is -5.10. The van der Waals surface area contributed by atoms with Crippen molar-refractivity contribution in [3.63, 3.8) is 0 Å². The number of aryl methyl sites for hydroxylation is 1. The topological polar surface area (TPSA) is 33.6 Å². The molecule has 0 aliphatic rings. The average Bonchev–Trinajstić information content (AvgIpc) is 3.81. The molecule has 2 heterocycles. The van der Waals surface area contributed by atoms with Crippen LogP contribution in [0.2, 0.25) is 0 Å². The van der Waals surface area contributed by atoms with Gasteiger partial charge in [0, 0.05) is 32.7 Å². The van der Waals surface area contributed by atoms with Gasteiger partial charge in [-0.2, -0.15) is 57.9 Å². The van der Waals surface area contributed by atoms with Crippen molar-refractivity contribution in [3.05, 3.63) is 191 Å². The Morgan fingerprint density at radius 3 is 1.33 bits per heavy atom. The van der Waals surface area contributed by atoms with E-state index in [1.54, 1.807) is 88.9 Å². The molecule has 0 saturated carbocycles. The Hall–Kier alpha value is -7.99. The molecule has 344 valence electrons. The molecule has 0 fully saturated rings. The molecule has 3 nitrogen and oxygen atoms in total. The van der Waals surface area contributed by atoms with Crippen LogP contribution in [0.25, 0.3) is 88.4 Å². The van der Waals surface area contributed by atoms with Crippen LogP contribution in [0.5, 0.6) is 0 Å². The molecule has 10 rings (SSSR count). The first-order valence-electron chi connectivity index (χ1n) is 20.9. The van der Waals surface area contributed by atoms with E-state index in [0.29, 0.717) is 72.4 Å². The molecule has 10 aromatic rings. The van der Waals surface area contributed by atoms with Crippen molar-refractivity contribution in [1.29, 1.82) is 5.26 Å². The SMILES string of the molecule is Cc1cc(-c2ccc3c(c2)c2ccccc2n3-c2ccc(C(F)(F)F)cc2-c2ccc(C#N)cc2-n2c3ccccc3c3cc(-c4cc(C(F)(F)F)cc(C(F)(F)F)c4)ccc32)cc(C(F)(F)F)c1. The standard InChI is InChI=1S/C54H29F12N3/c1-29-18-33(21-36(19-29)52(58,59)60)31-11-15-47-42(24-31)39-6-2-4-8-45(39)68(47)49-17-13-35(51(55,56)57)27-44(49)41-14-10-30(28-67)20-50(41)69-46-9-5-3-7-40(46)43-25-32(12-16-48(43)69)34-22-37(53(61,62)63)26-38(23-34)54(64,65)66/h2-27H,1H3. The van der Waals surface area contributed by atoms with Crippen LogP contribution in [0.4, 0.5) is 52.7 Å². The average molecular weight is 948 g/mol. The van der Waals surface area contributed by atoms with Crippen molar-refractivity contribution in [2.24, 2.45) is 0 Å². The molecule has 69 heavy (non-hydrogen) atoms. The molecule has 0 amide bonds. The van der Waals surface area contributed by atoms with Crippen LogP contribution in [-0.2, 0) is 24.7 Å². The Morgan fingerprint density at radius 2 is 0.826 bits per heavy atom. The normalized spacial score (nSPS) is 12.7. The molecule has 0 unspecified atom stereocenters. The summed E-state index contributed by atoms with van der Waals surface area (Å²) in [7, 11) is 0. The molecule has 0 aliphatic heterocycles. The van der Waals surface area contributed by atoms with Crippen LogP contribution in [0, 0.1) is 18.3 Å². The molecular weight excluding hydrogens is 919 g/mol. The summed E-state index contributed by atoms with van der Waals surface area (Å²) in [5.41, 5.74) is -1.31. The van der Waals surface area contributed by atoms with Crippen LogP contribution in [0.15, 0.2) is 158 Å². The third-order valence-corrected chi connectivity index (χ3v) is 12.2. The van der Waals surface area contributed by atoms with E-state index in [2.05, 4.69) is 6.07 Å². The van der Waals surface area contributed by atoms with E-state index < -0.39 is 47.0 Å². The molecule has 0 N–H and O–H groups in total. The smallest absolute Gasteiger partial charge is 0.309 e. The Bertz CT molecular complexity index is 3730. The van der Waals surface area contributed by atoms with Crippen molar-refractivity contribution in [2.45, 2.75) is 31.6 Å². The van der Waals surface area contributed by atoms with Crippen LogP contribution in [0.1, 0.15) is 33.4 Å². The van der Waals surface area contributed by atoms with Crippen molar-refractivity contribution in [3.8, 4) is 50.8 Å². The third kappa shape index (κ3) is 7.89. The van der Waals surface area contributed by atoms with E-state index in [1.807, 2.05) is 0 Å². The molecule has 0 radical (unpaired) electrons. The summed E-state index contributed by atoms with van der Waals surface area (Å²) in [6, 6.07) is 37.9. The molecule has 8 aromatic carbocycles. The van der Waals surface area contributed by atoms with Crippen LogP contribution in [-0.4, -0.2) is 9.13 Å². The molecule has 0 atom stereocenters. The second-order valence-electron chi connectivity index (χ2n) is 16.6. The van der Waals surface area contributed by atoms with Gasteiger partial charge in [0.2, 0.25) is 0 Å². The summed E-state index contributed by atoms with van der Waals surface area (Å²) < 4.78 is 173. The lowest BCUT2D eigenvalue weighted by molar-refractivity contribution is -0.143. The fourth-order valence-electron chi connectivity index (χ4n) is 9.20. The first-order chi connectivity index (χ1) is 32.6. The summed E-state index contributed by atoms with van der Waals surface area (Å²) in [5, 5.41) is 12.3. The number of hydrogen-bond donors (Lipinski definition) is 0. The van der Waals surface area contributed by atoms with Crippen molar-refractivity contribution >= 4 is 43.6 Å². The van der Waals surface area contributed by atoms with Gasteiger partial charge in [-0.05, 0) is 132 Å². The van der Waals surface area contributed by atoms with Gasteiger partial charge in [0.25, 0.3) is 0 Å². The zero-order chi connectivity index (χ0) is 48.9. The first kappa shape index (κ1) is 44.8. The fraction of sp³-hybridized carbons (Fsp3) is 0.0926. The monoisotopic (exact) mass is 947 g/mol. The van der Waals surface area contributed by atoms with E-state index in [4.69, 9.17) is 0 Å². The number of para-hydroxylation sites is 2. The molecule has 0 aliphatic carbocycles. The summed E-state index contributed by atoms with van der Waals surface area (Å²) in [4.78, 5) is 0. The fourth-order valence-corrected chi connectivity index (χ4v) is 9.20. The van der Waals surface area contributed by atoms with E-state index in [-0.39, 0.29) is 45.3 Å². The van der Waals surface area contributed by atoms with Gasteiger partial charge in [0.1, 0.15) is 0 Å². The van der Waals surface area contributed by atoms with E-state index in [0.717, 1.165) is 24.3 Å². The zero-order valence-electron chi connectivity index (χ0n) is 35.4. The maximum Gasteiger partial charge on any atom is 0.416 e. The molecule has 2 aromatic heterocycles. The van der Waals surface area contributed by atoms with Crippen molar-refractivity contribution in [2.75, 3.05) is 0 Å². The third-order valence-electron chi connectivity index (χ3n) is 12.2. The highest BCUT2D eigenvalue weighted by atomic mass is 19.4. The lowest BCUT2D eigenvalue weighted by Gasteiger charge is -2.20. The largest absolute Gasteiger partial charge is 0.416 e. The summed E-state index contributed by atoms with van der Waals surface area (Å²) in [6.45, 7) is 1.56. The Balaban J connectivity index is 1.23. The minimum Gasteiger partial charge on any atom is -0.309 e. The molecule has 0 spiro atoms. The van der Waals surface area contributed by atoms with Crippen LogP contribution in [0.3, 0.4) is 0 Å². The number of fused-ring (bicyclic) bond motifs is 6. The van der Waals surface area contributed by atoms with Gasteiger partial charge in [-0.3, -0.25) is 0 Å². The van der Waals surface area contributed by atoms with Crippen LogP contribution < -0.4 is 0 Å². The predicted molar refractivity (Wildman–Crippen MR) is 241 cm³/mol. The summed E-state index contributed by atoms with van der Waals surface area (Å²) in [6.07, 6.45) is -19.6. The second kappa shape index (κ2) is 15.8. The number of nitriles is 1. The van der Waals surface area contributed by atoms with Gasteiger partial charge in [-0.1, -0.05) is 60.7 Å².